The Morgan fingerprint density at radius 1 is 1.39 bits per heavy atom. The van der Waals surface area contributed by atoms with Gasteiger partial charge in [-0.05, 0) is 40.9 Å². The first-order chi connectivity index (χ1) is 8.56. The molecule has 0 bridgehead atoms. The minimum absolute atomic E-state index is 0.314. The number of hydrogen-bond acceptors (Lipinski definition) is 1. The van der Waals surface area contributed by atoms with Gasteiger partial charge in [-0.25, -0.2) is 4.79 Å². The second-order valence-electron chi connectivity index (χ2n) is 4.28. The highest BCUT2D eigenvalue weighted by Gasteiger charge is 2.11. The summed E-state index contributed by atoms with van der Waals surface area (Å²) in [5.41, 5.74) is 2.75. The average Bonchev–Trinajstić information content (AvgIpc) is 2.68. The zero-order chi connectivity index (χ0) is 13.1. The Morgan fingerprint density at radius 2 is 2.17 bits per heavy atom. The van der Waals surface area contributed by atoms with Gasteiger partial charge in [0, 0.05) is 17.2 Å². The topological polar surface area (TPSA) is 42.2 Å². The van der Waals surface area contributed by atoms with Crippen LogP contribution in [0.2, 0.25) is 0 Å². The van der Waals surface area contributed by atoms with E-state index in [0.717, 1.165) is 10.9 Å². The molecule has 0 aliphatic carbocycles. The van der Waals surface area contributed by atoms with Gasteiger partial charge in [-0.1, -0.05) is 29.8 Å². The van der Waals surface area contributed by atoms with Crippen LogP contribution in [-0.4, -0.2) is 15.6 Å². The third-order valence-electron chi connectivity index (χ3n) is 2.81. The average molecular weight is 308 g/mol. The van der Waals surface area contributed by atoms with Crippen molar-refractivity contribution in [3.8, 4) is 0 Å². The molecular weight excluding hydrogens is 294 g/mol. The fourth-order valence-electron chi connectivity index (χ4n) is 1.96. The molecule has 0 aliphatic rings. The van der Waals surface area contributed by atoms with Crippen molar-refractivity contribution in [2.24, 2.45) is 0 Å². The summed E-state index contributed by atoms with van der Waals surface area (Å²) in [6.07, 6.45) is 2.63. The molecule has 0 radical (unpaired) electrons. The van der Waals surface area contributed by atoms with Crippen molar-refractivity contribution < 1.29 is 9.90 Å². The minimum Gasteiger partial charge on any atom is -0.477 e. The molecule has 1 aromatic heterocycles. The van der Waals surface area contributed by atoms with E-state index in [1.54, 1.807) is 16.8 Å². The molecule has 3 nitrogen and oxygen atoms in total. The monoisotopic (exact) mass is 307 g/mol. The van der Waals surface area contributed by atoms with E-state index in [4.69, 9.17) is 5.11 Å². The van der Waals surface area contributed by atoms with Gasteiger partial charge in [-0.3, -0.25) is 0 Å². The number of carboxylic acids is 1. The molecule has 1 heterocycles. The molecule has 4 heteroatoms. The van der Waals surface area contributed by atoms with E-state index in [2.05, 4.69) is 41.1 Å². The van der Waals surface area contributed by atoms with Crippen LogP contribution in [0.4, 0.5) is 0 Å². The van der Waals surface area contributed by atoms with Crippen LogP contribution in [-0.2, 0) is 13.0 Å². The van der Waals surface area contributed by atoms with Crippen LogP contribution in [0.5, 0.6) is 0 Å². The Morgan fingerprint density at radius 3 is 2.83 bits per heavy atom. The molecule has 2 aromatic rings. The Labute approximate surface area is 114 Å². The number of benzene rings is 1. The Bertz CT molecular complexity index is 575. The van der Waals surface area contributed by atoms with E-state index >= 15 is 0 Å². The summed E-state index contributed by atoms with van der Waals surface area (Å²) in [4.78, 5) is 11.1. The lowest BCUT2D eigenvalue weighted by molar-refractivity contribution is 0.0685. The van der Waals surface area contributed by atoms with Crippen LogP contribution in [0, 0.1) is 6.92 Å². The highest BCUT2D eigenvalue weighted by atomic mass is 79.9. The van der Waals surface area contributed by atoms with Crippen LogP contribution < -0.4 is 0 Å². The van der Waals surface area contributed by atoms with Crippen LogP contribution in [0.15, 0.2) is 41.0 Å². The van der Waals surface area contributed by atoms with Gasteiger partial charge in [0.25, 0.3) is 0 Å². The zero-order valence-electron chi connectivity index (χ0n) is 10.1. The van der Waals surface area contributed by atoms with Crippen molar-refractivity contribution in [3.05, 3.63) is 57.8 Å². The number of hydrogen-bond donors (Lipinski definition) is 1. The predicted octanol–water partition coefficient (Wildman–Crippen LogP) is 3.50. The first-order valence-corrected chi connectivity index (χ1v) is 6.50. The van der Waals surface area contributed by atoms with Crippen molar-refractivity contribution in [2.75, 3.05) is 0 Å². The molecule has 0 spiro atoms. The summed E-state index contributed by atoms with van der Waals surface area (Å²) in [5.74, 6) is -0.898. The van der Waals surface area contributed by atoms with Gasteiger partial charge in [-0.15, -0.1) is 0 Å². The standard InChI is InChI=1S/C14H14BrNO2/c1-10-3-2-4-11(7-10)5-6-16-9-12(15)8-13(16)14(17)18/h2-4,7-9H,5-6H2,1H3,(H,17,18). The van der Waals surface area contributed by atoms with E-state index in [1.807, 2.05) is 6.07 Å². The van der Waals surface area contributed by atoms with E-state index in [9.17, 15) is 4.79 Å². The van der Waals surface area contributed by atoms with Crippen LogP contribution >= 0.6 is 15.9 Å². The van der Waals surface area contributed by atoms with Gasteiger partial charge in [0.2, 0.25) is 0 Å². The second kappa shape index (κ2) is 5.40. The highest BCUT2D eigenvalue weighted by Crippen LogP contribution is 2.16. The van der Waals surface area contributed by atoms with Crippen LogP contribution in [0.25, 0.3) is 0 Å². The van der Waals surface area contributed by atoms with E-state index in [-0.39, 0.29) is 0 Å². The van der Waals surface area contributed by atoms with E-state index in [1.165, 1.54) is 11.1 Å². The molecular formula is C14H14BrNO2. The quantitative estimate of drug-likeness (QED) is 0.939. The van der Waals surface area contributed by atoms with Gasteiger partial charge in [0.1, 0.15) is 5.69 Å². The number of nitrogens with zero attached hydrogens (tertiary/aromatic N) is 1. The number of halogens is 1. The lowest BCUT2D eigenvalue weighted by Crippen LogP contribution is -2.09. The smallest absolute Gasteiger partial charge is 0.352 e. The maximum Gasteiger partial charge on any atom is 0.352 e. The van der Waals surface area contributed by atoms with Crippen LogP contribution in [0.1, 0.15) is 21.6 Å². The third-order valence-corrected chi connectivity index (χ3v) is 3.24. The molecule has 0 amide bonds. The molecule has 0 fully saturated rings. The summed E-state index contributed by atoms with van der Waals surface area (Å²) in [6, 6.07) is 9.89. The van der Waals surface area contributed by atoms with Crippen molar-refractivity contribution in [1.29, 1.82) is 0 Å². The van der Waals surface area contributed by atoms with Gasteiger partial charge in [0.15, 0.2) is 0 Å². The number of carboxylic acid groups (broad SMARTS) is 1. The minimum atomic E-state index is -0.898. The van der Waals surface area contributed by atoms with Crippen molar-refractivity contribution >= 4 is 21.9 Å². The molecule has 0 unspecified atom stereocenters. The number of aromatic nitrogens is 1. The van der Waals surface area contributed by atoms with E-state index in [0.29, 0.717) is 12.2 Å². The van der Waals surface area contributed by atoms with Gasteiger partial charge < -0.3 is 9.67 Å². The summed E-state index contributed by atoms with van der Waals surface area (Å²) in [5, 5.41) is 9.08. The van der Waals surface area contributed by atoms with Gasteiger partial charge >= 0.3 is 5.97 Å². The molecule has 94 valence electrons. The number of aromatic carboxylic acids is 1. The van der Waals surface area contributed by atoms with E-state index < -0.39 is 5.97 Å². The first-order valence-electron chi connectivity index (χ1n) is 5.71. The lowest BCUT2D eigenvalue weighted by atomic mass is 10.1. The molecule has 2 rings (SSSR count). The Hall–Kier alpha value is -1.55. The number of rotatable bonds is 4. The van der Waals surface area contributed by atoms with Crippen molar-refractivity contribution in [2.45, 2.75) is 19.9 Å². The fraction of sp³-hybridized carbons (Fsp3) is 0.214. The largest absolute Gasteiger partial charge is 0.477 e. The molecule has 0 saturated heterocycles. The van der Waals surface area contributed by atoms with Crippen molar-refractivity contribution in [1.82, 2.24) is 4.57 Å². The third kappa shape index (κ3) is 3.01. The fourth-order valence-corrected chi connectivity index (χ4v) is 2.42. The number of aryl methyl sites for hydroxylation is 3. The van der Waals surface area contributed by atoms with Gasteiger partial charge in [-0.2, -0.15) is 0 Å². The van der Waals surface area contributed by atoms with Gasteiger partial charge in [0.05, 0.1) is 0 Å². The number of carbonyl (C=O) groups is 1. The van der Waals surface area contributed by atoms with Crippen molar-refractivity contribution in [3.63, 3.8) is 0 Å². The summed E-state index contributed by atoms with van der Waals surface area (Å²) >= 11 is 3.30. The molecule has 0 aliphatic heterocycles. The molecule has 1 N–H and O–H groups in total. The molecule has 0 saturated carbocycles. The summed E-state index contributed by atoms with van der Waals surface area (Å²) in [6.45, 7) is 2.72. The predicted molar refractivity (Wildman–Crippen MR) is 74.0 cm³/mol. The molecule has 0 atom stereocenters. The molecule has 18 heavy (non-hydrogen) atoms. The second-order valence-corrected chi connectivity index (χ2v) is 5.20. The Balaban J connectivity index is 2.13. The maximum absolute atomic E-state index is 11.1. The summed E-state index contributed by atoms with van der Waals surface area (Å²) in [7, 11) is 0. The normalized spacial score (nSPS) is 10.6. The maximum atomic E-state index is 11.1. The first kappa shape index (κ1) is 12.9. The SMILES string of the molecule is Cc1cccc(CCn2cc(Br)cc2C(=O)O)c1. The highest BCUT2D eigenvalue weighted by molar-refractivity contribution is 9.10. The lowest BCUT2D eigenvalue weighted by Gasteiger charge is -2.06. The molecule has 1 aromatic carbocycles. The van der Waals surface area contributed by atoms with Crippen LogP contribution in [0.3, 0.4) is 0 Å². The summed E-state index contributed by atoms with van der Waals surface area (Å²) < 4.78 is 2.55. The Kier molecular flexibility index (Phi) is 3.87. The zero-order valence-corrected chi connectivity index (χ0v) is 11.6.